The third kappa shape index (κ3) is 4.10. The summed E-state index contributed by atoms with van der Waals surface area (Å²) in [4.78, 5) is 0. The molecule has 0 saturated heterocycles. The minimum atomic E-state index is 0.524. The molecule has 0 N–H and O–H groups in total. The van der Waals surface area contributed by atoms with Gasteiger partial charge in [0.15, 0.2) is 0 Å². The molecular weight excluding hydrogens is 625 g/mol. The molecule has 52 heavy (non-hydrogen) atoms. The van der Waals surface area contributed by atoms with Crippen molar-refractivity contribution in [3.63, 3.8) is 0 Å². The highest BCUT2D eigenvalue weighted by Gasteiger charge is 2.19. The second-order valence-corrected chi connectivity index (χ2v) is 15.6. The molecule has 0 heteroatoms. The third-order valence-corrected chi connectivity index (χ3v) is 12.1. The zero-order valence-electron chi connectivity index (χ0n) is 30.0. The van der Waals surface area contributed by atoms with Crippen molar-refractivity contribution in [3.05, 3.63) is 157 Å². The van der Waals surface area contributed by atoms with Crippen LogP contribution in [0.3, 0.4) is 0 Å². The third-order valence-electron chi connectivity index (χ3n) is 12.1. The number of hydrogen-bond donors (Lipinski definition) is 0. The van der Waals surface area contributed by atoms with Crippen LogP contribution in [0.1, 0.15) is 50.7 Å². The smallest absolute Gasteiger partial charge is 0.00199 e. The van der Waals surface area contributed by atoms with Crippen LogP contribution in [0.4, 0.5) is 0 Å². The Morgan fingerprint density at radius 3 is 0.904 bits per heavy atom. The number of benzene rings is 9. The number of hydrogen-bond acceptors (Lipinski definition) is 0. The van der Waals surface area contributed by atoms with E-state index in [2.05, 4.69) is 173 Å². The molecule has 0 unspecified atom stereocenters. The monoisotopic (exact) mass is 662 g/mol. The summed E-state index contributed by atoms with van der Waals surface area (Å²) in [7, 11) is 0. The molecule has 0 amide bonds. The van der Waals surface area contributed by atoms with Gasteiger partial charge >= 0.3 is 0 Å². The van der Waals surface area contributed by atoms with Gasteiger partial charge in [0.25, 0.3) is 0 Å². The molecule has 0 bridgehead atoms. The van der Waals surface area contributed by atoms with Gasteiger partial charge in [-0.1, -0.05) is 149 Å². The van der Waals surface area contributed by atoms with Gasteiger partial charge in [0.2, 0.25) is 0 Å². The van der Waals surface area contributed by atoms with Crippen LogP contribution in [0.5, 0.6) is 0 Å². The fraction of sp³-hybridized carbons (Fsp3) is 0.115. The average Bonchev–Trinajstić information content (AvgIpc) is 3.68. The number of rotatable bonds is 4. The van der Waals surface area contributed by atoms with Crippen LogP contribution in [0.15, 0.2) is 146 Å². The van der Waals surface area contributed by atoms with E-state index in [-0.39, 0.29) is 0 Å². The van der Waals surface area contributed by atoms with Crippen molar-refractivity contribution in [2.24, 2.45) is 0 Å². The van der Waals surface area contributed by atoms with Gasteiger partial charge in [-0.3, -0.25) is 0 Å². The minimum Gasteiger partial charge on any atom is -0.0610 e. The van der Waals surface area contributed by atoms with Gasteiger partial charge in [-0.2, -0.15) is 0 Å². The summed E-state index contributed by atoms with van der Waals surface area (Å²) in [6.45, 7) is 9.03. The summed E-state index contributed by atoms with van der Waals surface area (Å²) < 4.78 is 0. The van der Waals surface area contributed by atoms with E-state index in [0.29, 0.717) is 11.8 Å². The zero-order chi connectivity index (χ0) is 34.8. The molecule has 0 aliphatic rings. The van der Waals surface area contributed by atoms with Gasteiger partial charge < -0.3 is 0 Å². The van der Waals surface area contributed by atoms with Gasteiger partial charge in [0, 0.05) is 0 Å². The van der Waals surface area contributed by atoms with E-state index in [1.807, 2.05) is 0 Å². The molecule has 246 valence electrons. The topological polar surface area (TPSA) is 0 Å². The largest absolute Gasteiger partial charge is 0.0610 e. The molecule has 11 aromatic rings. The van der Waals surface area contributed by atoms with Crippen LogP contribution >= 0.6 is 0 Å². The Bertz CT molecular complexity index is 2970. The molecule has 0 atom stereocenters. The van der Waals surface area contributed by atoms with Crippen molar-refractivity contribution >= 4 is 86.2 Å². The maximum Gasteiger partial charge on any atom is -0.00199 e. The van der Waals surface area contributed by atoms with Crippen LogP contribution in [0, 0.1) is 0 Å². The molecule has 0 aliphatic carbocycles. The Kier molecular flexibility index (Phi) is 6.15. The first-order valence-corrected chi connectivity index (χ1v) is 18.8. The van der Waals surface area contributed by atoms with Gasteiger partial charge in [-0.05, 0) is 156 Å². The molecule has 0 aromatic heterocycles. The first-order chi connectivity index (χ1) is 25.4. The van der Waals surface area contributed by atoms with Gasteiger partial charge in [0.1, 0.15) is 0 Å². The predicted molar refractivity (Wildman–Crippen MR) is 228 cm³/mol. The fourth-order valence-corrected chi connectivity index (χ4v) is 9.34. The van der Waals surface area contributed by atoms with E-state index in [1.165, 1.54) is 120 Å². The average molecular weight is 663 g/mol. The van der Waals surface area contributed by atoms with Crippen LogP contribution < -0.4 is 0 Å². The summed E-state index contributed by atoms with van der Waals surface area (Å²) in [6, 6.07) is 56.0. The van der Waals surface area contributed by atoms with Gasteiger partial charge in [-0.15, -0.1) is 0 Å². The predicted octanol–water partition coefficient (Wildman–Crippen LogP) is 15.4. The molecule has 11 rings (SSSR count). The molecule has 0 radical (unpaired) electrons. The summed E-state index contributed by atoms with van der Waals surface area (Å²) in [5, 5.41) is 21.4. The van der Waals surface area contributed by atoms with Gasteiger partial charge in [-0.25, -0.2) is 0 Å². The lowest BCUT2D eigenvalue weighted by Crippen LogP contribution is -1.86. The summed E-state index contributed by atoms with van der Waals surface area (Å²) in [5.74, 6) is 1.05. The molecule has 0 heterocycles. The van der Waals surface area contributed by atoms with Crippen molar-refractivity contribution < 1.29 is 0 Å². The Hall–Kier alpha value is -5.98. The van der Waals surface area contributed by atoms with Crippen molar-refractivity contribution in [1.29, 1.82) is 0 Å². The minimum absolute atomic E-state index is 0.524. The van der Waals surface area contributed by atoms with E-state index in [4.69, 9.17) is 0 Å². The number of fused-ring (bicyclic) bond motifs is 11. The lowest BCUT2D eigenvalue weighted by molar-refractivity contribution is 0.867. The maximum absolute atomic E-state index is 2.51. The van der Waals surface area contributed by atoms with Crippen molar-refractivity contribution in [3.8, 4) is 22.3 Å². The fourth-order valence-electron chi connectivity index (χ4n) is 9.34. The lowest BCUT2D eigenvalue weighted by Gasteiger charge is -2.12. The quantitative estimate of drug-likeness (QED) is 0.165. The van der Waals surface area contributed by atoms with E-state index in [9.17, 15) is 0 Å². The Morgan fingerprint density at radius 1 is 0.250 bits per heavy atom. The first kappa shape index (κ1) is 29.7. The van der Waals surface area contributed by atoms with Crippen molar-refractivity contribution in [2.45, 2.75) is 39.5 Å². The Balaban J connectivity index is 1.20. The van der Waals surface area contributed by atoms with Gasteiger partial charge in [0.05, 0.1) is 0 Å². The summed E-state index contributed by atoms with van der Waals surface area (Å²) in [6.07, 6.45) is 0. The first-order valence-electron chi connectivity index (χ1n) is 18.8. The maximum atomic E-state index is 2.51. The highest BCUT2D eigenvalue weighted by Crippen LogP contribution is 2.48. The van der Waals surface area contributed by atoms with E-state index < -0.39 is 0 Å². The molecule has 0 saturated carbocycles. The van der Waals surface area contributed by atoms with Crippen molar-refractivity contribution in [1.82, 2.24) is 0 Å². The molecular formula is C52H38. The van der Waals surface area contributed by atoms with Crippen LogP contribution in [0.25, 0.3) is 108 Å². The zero-order valence-corrected chi connectivity index (χ0v) is 30.0. The van der Waals surface area contributed by atoms with Crippen LogP contribution in [-0.4, -0.2) is 0 Å². The normalized spacial score (nSPS) is 12.6. The second kappa shape index (κ2) is 10.8. The summed E-state index contributed by atoms with van der Waals surface area (Å²) in [5.41, 5.74) is 7.83. The highest BCUT2D eigenvalue weighted by molar-refractivity contribution is 6.40. The SMILES string of the molecule is CC(C)c1ccc(-c2ccc3c(c2)c2cc4c5cc6c7cc(-c8ccc(C(C)C)cc8)ccc7c7cccc(c5ccc4c4cccc3c42)c76)cc1. The van der Waals surface area contributed by atoms with Crippen LogP contribution in [-0.2, 0) is 0 Å². The molecule has 0 spiro atoms. The standard InChI is InChI=1S/C52H38/c1-29(2)31-11-15-33(16-12-31)35-19-21-37-41-7-5-9-43-39-23-24-40-44-10-6-8-42-38-22-20-36(34-17-13-32(14-18-34)30(3)4)26-46(38)50(52(42)44)28-48(40)47(39)27-49(51(41)43)45(37)25-35/h5-30H,1-4H3. The summed E-state index contributed by atoms with van der Waals surface area (Å²) >= 11 is 0. The van der Waals surface area contributed by atoms with Crippen molar-refractivity contribution in [2.75, 3.05) is 0 Å². The lowest BCUT2D eigenvalue weighted by atomic mass is 9.91. The second-order valence-electron chi connectivity index (χ2n) is 15.6. The van der Waals surface area contributed by atoms with E-state index in [1.54, 1.807) is 0 Å². The molecule has 0 aliphatic heterocycles. The molecule has 11 aromatic carbocycles. The van der Waals surface area contributed by atoms with Crippen LogP contribution in [0.2, 0.25) is 0 Å². The van der Waals surface area contributed by atoms with E-state index in [0.717, 1.165) is 0 Å². The Labute approximate surface area is 303 Å². The molecule has 0 nitrogen and oxygen atoms in total. The Morgan fingerprint density at radius 2 is 0.558 bits per heavy atom. The highest BCUT2D eigenvalue weighted by atomic mass is 14.2. The molecule has 0 fully saturated rings. The van der Waals surface area contributed by atoms with E-state index >= 15 is 0 Å².